The van der Waals surface area contributed by atoms with Crippen LogP contribution in [-0.2, 0) is 6.54 Å². The van der Waals surface area contributed by atoms with Gasteiger partial charge < -0.3 is 5.32 Å². The first-order valence-electron chi connectivity index (χ1n) is 6.00. The maximum absolute atomic E-state index is 6.14. The Kier molecular flexibility index (Phi) is 4.62. The van der Waals surface area contributed by atoms with E-state index in [0.717, 1.165) is 19.0 Å². The quantitative estimate of drug-likeness (QED) is 0.819. The Morgan fingerprint density at radius 3 is 2.81 bits per heavy atom. The second-order valence-electron chi connectivity index (χ2n) is 4.72. The Morgan fingerprint density at radius 1 is 1.38 bits per heavy atom. The number of nitrogens with zero attached hydrogens (tertiary/aromatic N) is 1. The molecular formula is C12H19ClN2S. The lowest BCUT2D eigenvalue weighted by atomic mass is 9.75. The topological polar surface area (TPSA) is 24.9 Å². The van der Waals surface area contributed by atoms with Gasteiger partial charge in [0, 0.05) is 30.5 Å². The molecule has 2 nitrogen and oxygen atoms in total. The molecule has 1 fully saturated rings. The van der Waals surface area contributed by atoms with Gasteiger partial charge in [0.2, 0.25) is 0 Å². The molecule has 2 rings (SSSR count). The summed E-state index contributed by atoms with van der Waals surface area (Å²) < 4.78 is 0. The summed E-state index contributed by atoms with van der Waals surface area (Å²) in [6.45, 7) is 1.92. The van der Waals surface area contributed by atoms with Gasteiger partial charge in [-0.3, -0.25) is 0 Å². The average Bonchev–Trinajstić information content (AvgIpc) is 2.83. The van der Waals surface area contributed by atoms with Crippen molar-refractivity contribution in [1.82, 2.24) is 10.3 Å². The number of hydrogen-bond acceptors (Lipinski definition) is 3. The zero-order valence-electron chi connectivity index (χ0n) is 9.54. The number of halogens is 1. The van der Waals surface area contributed by atoms with Gasteiger partial charge in [-0.2, -0.15) is 0 Å². The molecule has 16 heavy (non-hydrogen) atoms. The van der Waals surface area contributed by atoms with E-state index >= 15 is 0 Å². The zero-order chi connectivity index (χ0) is 11.3. The highest BCUT2D eigenvalue weighted by atomic mass is 35.5. The van der Waals surface area contributed by atoms with Crippen LogP contribution in [0, 0.1) is 5.41 Å². The van der Waals surface area contributed by atoms with Crippen LogP contribution in [0.2, 0.25) is 0 Å². The fourth-order valence-corrected chi connectivity index (χ4v) is 3.38. The van der Waals surface area contributed by atoms with E-state index in [9.17, 15) is 0 Å². The zero-order valence-corrected chi connectivity index (χ0v) is 11.1. The van der Waals surface area contributed by atoms with Gasteiger partial charge in [0.05, 0.1) is 0 Å². The normalized spacial score (nSPS) is 19.8. The molecule has 4 heteroatoms. The van der Waals surface area contributed by atoms with Crippen LogP contribution in [0.3, 0.4) is 0 Å². The third-order valence-corrected chi connectivity index (χ3v) is 4.80. The van der Waals surface area contributed by atoms with E-state index in [1.54, 1.807) is 11.3 Å². The molecule has 0 bridgehead atoms. The van der Waals surface area contributed by atoms with Crippen molar-refractivity contribution in [3.63, 3.8) is 0 Å². The first-order chi connectivity index (χ1) is 7.85. The van der Waals surface area contributed by atoms with E-state index < -0.39 is 0 Å². The molecule has 0 radical (unpaired) electrons. The lowest BCUT2D eigenvalue weighted by Crippen LogP contribution is -2.37. The van der Waals surface area contributed by atoms with Crippen molar-refractivity contribution >= 4 is 22.9 Å². The Bertz CT molecular complexity index is 294. The number of aromatic nitrogens is 1. The van der Waals surface area contributed by atoms with Gasteiger partial charge in [-0.15, -0.1) is 22.9 Å². The molecule has 90 valence electrons. The number of alkyl halides is 1. The molecule has 0 aliphatic heterocycles. The van der Waals surface area contributed by atoms with Crippen LogP contribution in [0.5, 0.6) is 0 Å². The summed E-state index contributed by atoms with van der Waals surface area (Å²) in [6, 6.07) is 0. The minimum Gasteiger partial charge on any atom is -0.310 e. The first-order valence-corrected chi connectivity index (χ1v) is 7.41. The van der Waals surface area contributed by atoms with Gasteiger partial charge >= 0.3 is 0 Å². The molecule has 1 saturated carbocycles. The lowest BCUT2D eigenvalue weighted by molar-refractivity contribution is 0.212. The minimum absolute atomic E-state index is 0.344. The molecule has 0 saturated heterocycles. The molecule has 1 heterocycles. The fraction of sp³-hybridized carbons (Fsp3) is 0.750. The smallest absolute Gasteiger partial charge is 0.106 e. The molecule has 0 aromatic carbocycles. The number of rotatable bonds is 5. The highest BCUT2D eigenvalue weighted by Crippen LogP contribution is 2.36. The van der Waals surface area contributed by atoms with E-state index in [1.807, 2.05) is 11.6 Å². The SMILES string of the molecule is ClCC1(CNCc2nccs2)CCCCC1. The van der Waals surface area contributed by atoms with E-state index in [-0.39, 0.29) is 0 Å². The molecular weight excluding hydrogens is 240 g/mol. The van der Waals surface area contributed by atoms with Gasteiger partial charge in [-0.25, -0.2) is 4.98 Å². The second-order valence-corrected chi connectivity index (χ2v) is 5.97. The molecule has 0 atom stereocenters. The fourth-order valence-electron chi connectivity index (χ4n) is 2.43. The van der Waals surface area contributed by atoms with Crippen molar-refractivity contribution in [1.29, 1.82) is 0 Å². The number of hydrogen-bond donors (Lipinski definition) is 1. The summed E-state index contributed by atoms with van der Waals surface area (Å²) >= 11 is 7.85. The largest absolute Gasteiger partial charge is 0.310 e. The molecule has 1 aromatic rings. The average molecular weight is 259 g/mol. The van der Waals surface area contributed by atoms with Crippen molar-refractivity contribution in [3.05, 3.63) is 16.6 Å². The number of thiazole rings is 1. The Hall–Kier alpha value is -0.120. The van der Waals surface area contributed by atoms with Crippen LogP contribution >= 0.6 is 22.9 Å². The van der Waals surface area contributed by atoms with Crippen molar-refractivity contribution < 1.29 is 0 Å². The van der Waals surface area contributed by atoms with Gasteiger partial charge in [0.25, 0.3) is 0 Å². The minimum atomic E-state index is 0.344. The lowest BCUT2D eigenvalue weighted by Gasteiger charge is -2.35. The molecule has 1 aliphatic carbocycles. The van der Waals surface area contributed by atoms with Crippen LogP contribution in [0.25, 0.3) is 0 Å². The number of nitrogens with one attached hydrogen (secondary N) is 1. The molecule has 0 amide bonds. The summed E-state index contributed by atoms with van der Waals surface area (Å²) in [6.07, 6.45) is 8.48. The Labute approximate surface area is 106 Å². The molecule has 1 aromatic heterocycles. The van der Waals surface area contributed by atoms with Crippen LogP contribution in [0.4, 0.5) is 0 Å². The van der Waals surface area contributed by atoms with Gasteiger partial charge in [0.15, 0.2) is 0 Å². The van der Waals surface area contributed by atoms with E-state index in [4.69, 9.17) is 11.6 Å². The predicted octanol–water partition coefficient (Wildman–Crippen LogP) is 3.42. The van der Waals surface area contributed by atoms with Gasteiger partial charge in [-0.05, 0) is 18.3 Å². The standard InChI is InChI=1S/C12H19ClN2S/c13-9-12(4-2-1-3-5-12)10-14-8-11-15-6-7-16-11/h6-7,14H,1-5,8-10H2. The molecule has 1 aliphatic rings. The highest BCUT2D eigenvalue weighted by molar-refractivity contribution is 7.09. The van der Waals surface area contributed by atoms with Crippen molar-refractivity contribution in [3.8, 4) is 0 Å². The monoisotopic (exact) mass is 258 g/mol. The van der Waals surface area contributed by atoms with E-state index in [0.29, 0.717) is 5.41 Å². The highest BCUT2D eigenvalue weighted by Gasteiger charge is 2.30. The first kappa shape index (κ1) is 12.3. The summed E-state index contributed by atoms with van der Waals surface area (Å²) in [7, 11) is 0. The Morgan fingerprint density at radius 2 is 2.19 bits per heavy atom. The van der Waals surface area contributed by atoms with Gasteiger partial charge in [0.1, 0.15) is 5.01 Å². The van der Waals surface area contributed by atoms with Crippen LogP contribution < -0.4 is 5.32 Å². The van der Waals surface area contributed by atoms with Crippen molar-refractivity contribution in [2.24, 2.45) is 5.41 Å². The van der Waals surface area contributed by atoms with Crippen LogP contribution in [0.15, 0.2) is 11.6 Å². The Balaban J connectivity index is 1.78. The summed E-state index contributed by atoms with van der Waals surface area (Å²) in [5.74, 6) is 0.790. The van der Waals surface area contributed by atoms with Gasteiger partial charge in [-0.1, -0.05) is 19.3 Å². The van der Waals surface area contributed by atoms with Crippen molar-refractivity contribution in [2.75, 3.05) is 12.4 Å². The molecule has 0 spiro atoms. The second kappa shape index (κ2) is 5.99. The third kappa shape index (κ3) is 3.19. The summed E-state index contributed by atoms with van der Waals surface area (Å²) in [5, 5.41) is 6.70. The third-order valence-electron chi connectivity index (χ3n) is 3.46. The maximum Gasteiger partial charge on any atom is 0.106 e. The van der Waals surface area contributed by atoms with Crippen LogP contribution in [-0.4, -0.2) is 17.4 Å². The van der Waals surface area contributed by atoms with Crippen LogP contribution in [0.1, 0.15) is 37.1 Å². The van der Waals surface area contributed by atoms with E-state index in [1.165, 1.54) is 37.1 Å². The molecule has 1 N–H and O–H groups in total. The predicted molar refractivity (Wildman–Crippen MR) is 70.1 cm³/mol. The van der Waals surface area contributed by atoms with E-state index in [2.05, 4.69) is 10.3 Å². The molecule has 0 unspecified atom stereocenters. The maximum atomic E-state index is 6.14. The van der Waals surface area contributed by atoms with Crippen molar-refractivity contribution in [2.45, 2.75) is 38.6 Å². The summed E-state index contributed by atoms with van der Waals surface area (Å²) in [4.78, 5) is 4.27. The summed E-state index contributed by atoms with van der Waals surface area (Å²) in [5.41, 5.74) is 0.344.